The lowest BCUT2D eigenvalue weighted by molar-refractivity contribution is 0.146. The molecule has 0 spiro atoms. The highest BCUT2D eigenvalue weighted by Gasteiger charge is 2.23. The van der Waals surface area contributed by atoms with Gasteiger partial charge in [-0.05, 0) is 30.2 Å². The van der Waals surface area contributed by atoms with Gasteiger partial charge in [-0.3, -0.25) is 4.89 Å². The van der Waals surface area contributed by atoms with E-state index < -0.39 is 13.9 Å². The van der Waals surface area contributed by atoms with Crippen LogP contribution < -0.4 is 0 Å². The van der Waals surface area contributed by atoms with E-state index in [1.807, 2.05) is 24.0 Å². The lowest BCUT2D eigenvalue weighted by Crippen LogP contribution is -2.10. The maximum absolute atomic E-state index is 11.3. The van der Waals surface area contributed by atoms with Crippen molar-refractivity contribution >= 4 is 7.75 Å². The van der Waals surface area contributed by atoms with Gasteiger partial charge in [0, 0.05) is 25.0 Å². The van der Waals surface area contributed by atoms with Crippen LogP contribution in [0.1, 0.15) is 26.2 Å². The Labute approximate surface area is 163 Å². The zero-order valence-electron chi connectivity index (χ0n) is 15.6. The number of nitrogens with zero attached hydrogens (tertiary/aromatic N) is 1. The van der Waals surface area contributed by atoms with Gasteiger partial charge < -0.3 is 24.2 Å². The number of aliphatic hydroxyl groups excluding tert-OH is 2. The van der Waals surface area contributed by atoms with Gasteiger partial charge in [-0.2, -0.15) is 0 Å². The fourth-order valence-electron chi connectivity index (χ4n) is 2.21. The molecule has 2 atom stereocenters. The second-order valence-electron chi connectivity index (χ2n) is 5.61. The molecule has 9 nitrogen and oxygen atoms in total. The third-order valence-corrected chi connectivity index (χ3v) is 4.06. The molecule has 0 radical (unpaired) electrons. The molecule has 1 aliphatic rings. The third-order valence-electron chi connectivity index (χ3n) is 3.41. The Hall–Kier alpha value is -2.77. The Morgan fingerprint density at radius 1 is 1.46 bits per heavy atom. The fraction of sp³-hybridized carbons (Fsp3) is 0.333. The zero-order chi connectivity index (χ0) is 21.0. The molecule has 1 heterocycles. The molecule has 0 saturated carbocycles. The number of ether oxygens (including phenoxy) is 2. The van der Waals surface area contributed by atoms with E-state index >= 15 is 0 Å². The number of hydrogen-bond acceptors (Lipinski definition) is 7. The molecule has 28 heavy (non-hydrogen) atoms. The van der Waals surface area contributed by atoms with E-state index in [4.69, 9.17) is 9.47 Å². The molecule has 1 rings (SSSR count). The predicted molar refractivity (Wildman–Crippen MR) is 104 cm³/mol. The molecular weight excluding hydrogens is 389 g/mol. The van der Waals surface area contributed by atoms with Crippen LogP contribution in [-0.4, -0.2) is 28.3 Å². The van der Waals surface area contributed by atoms with Crippen molar-refractivity contribution in [1.29, 1.82) is 0 Å². The standard InChI is InChI=1S/C18H24NO8P/c1-3-5-16(25-2)6-4-7-17-11-14(13-20)10-15(21)12-18(8-9-26-17)27-28(23,24)19-22/h4-6,8-10,12-13,17,20-21H,3,7,11H2,1-2H3,(H,23,24)/b6-4-,9-8+,14-13+,15-10-,16-5+,18-12+. The average Bonchev–Trinajstić information content (AvgIpc) is 2.65. The second kappa shape index (κ2) is 11.8. The summed E-state index contributed by atoms with van der Waals surface area (Å²) in [5.41, 5.74) is 0.346. The van der Waals surface area contributed by atoms with Gasteiger partial charge in [-0.1, -0.05) is 13.0 Å². The molecule has 0 bridgehead atoms. The topological polar surface area (TPSA) is 135 Å². The Morgan fingerprint density at radius 2 is 2.21 bits per heavy atom. The first-order chi connectivity index (χ1) is 13.3. The quantitative estimate of drug-likeness (QED) is 0.223. The first-order valence-electron chi connectivity index (χ1n) is 8.39. The van der Waals surface area contributed by atoms with Crippen LogP contribution >= 0.6 is 7.75 Å². The predicted octanol–water partition coefficient (Wildman–Crippen LogP) is 4.83. The number of allylic oxidation sites excluding steroid dienone is 5. The molecule has 0 aromatic heterocycles. The van der Waals surface area contributed by atoms with Crippen molar-refractivity contribution in [3.63, 3.8) is 0 Å². The lowest BCUT2D eigenvalue weighted by Gasteiger charge is -2.17. The minimum atomic E-state index is -4.74. The summed E-state index contributed by atoms with van der Waals surface area (Å²) in [5.74, 6) is 0.0156. The van der Waals surface area contributed by atoms with Crippen molar-refractivity contribution in [2.45, 2.75) is 32.3 Å². The van der Waals surface area contributed by atoms with Gasteiger partial charge in [0.05, 0.1) is 24.6 Å². The summed E-state index contributed by atoms with van der Waals surface area (Å²) in [6.45, 7) is 1.98. The summed E-state index contributed by atoms with van der Waals surface area (Å²) in [5, 5.41) is 19.3. The van der Waals surface area contributed by atoms with Gasteiger partial charge >= 0.3 is 7.75 Å². The number of methoxy groups -OCH3 is 1. The van der Waals surface area contributed by atoms with Crippen molar-refractivity contribution in [2.75, 3.05) is 7.11 Å². The van der Waals surface area contributed by atoms with Gasteiger partial charge in [-0.15, -0.1) is 4.91 Å². The monoisotopic (exact) mass is 413 g/mol. The maximum atomic E-state index is 11.3. The van der Waals surface area contributed by atoms with E-state index in [1.165, 1.54) is 18.4 Å². The highest BCUT2D eigenvalue weighted by atomic mass is 31.2. The van der Waals surface area contributed by atoms with E-state index in [-0.39, 0.29) is 17.9 Å². The molecule has 0 saturated heterocycles. The Bertz CT molecular complexity index is 764. The van der Waals surface area contributed by atoms with E-state index in [1.54, 1.807) is 13.2 Å². The van der Waals surface area contributed by atoms with E-state index in [0.29, 0.717) is 17.8 Å². The number of hydrogen-bond donors (Lipinski definition) is 3. The summed E-state index contributed by atoms with van der Waals surface area (Å²) >= 11 is 0. The molecular formula is C18H24NO8P. The molecule has 0 fully saturated rings. The van der Waals surface area contributed by atoms with Gasteiger partial charge in [-0.25, -0.2) is 4.57 Å². The third kappa shape index (κ3) is 8.75. The maximum Gasteiger partial charge on any atom is 0.541 e. The highest BCUT2D eigenvalue weighted by Crippen LogP contribution is 2.45. The lowest BCUT2D eigenvalue weighted by atomic mass is 10.0. The largest absolute Gasteiger partial charge is 0.541 e. The van der Waals surface area contributed by atoms with Gasteiger partial charge in [0.15, 0.2) is 0 Å². The van der Waals surface area contributed by atoms with Gasteiger partial charge in [0.25, 0.3) is 0 Å². The Balaban J connectivity index is 3.03. The molecule has 0 amide bonds. The van der Waals surface area contributed by atoms with Crippen molar-refractivity contribution in [2.24, 2.45) is 4.95 Å². The molecule has 3 N–H and O–H groups in total. The smallest absolute Gasteiger partial charge is 0.515 e. The SMILES string of the molecule is CC/C=C(\C=C/CC1CC(=C/O)/C=C(O)/C=C(OP(=O)(O)N=O)\C=C\O1)OC. The van der Waals surface area contributed by atoms with E-state index in [9.17, 15) is 24.6 Å². The average molecular weight is 413 g/mol. The van der Waals surface area contributed by atoms with Gasteiger partial charge in [0.1, 0.15) is 23.4 Å². The normalized spacial score (nSPS) is 26.9. The van der Waals surface area contributed by atoms with Crippen LogP contribution in [0, 0.1) is 4.91 Å². The molecule has 10 heteroatoms. The molecule has 0 aromatic rings. The highest BCUT2D eigenvalue weighted by molar-refractivity contribution is 7.51. The van der Waals surface area contributed by atoms with Crippen molar-refractivity contribution in [3.8, 4) is 0 Å². The van der Waals surface area contributed by atoms with Crippen molar-refractivity contribution in [1.82, 2.24) is 0 Å². The minimum absolute atomic E-state index is 0.271. The molecule has 0 aliphatic carbocycles. The summed E-state index contributed by atoms with van der Waals surface area (Å²) in [4.78, 5) is 21.5. The van der Waals surface area contributed by atoms with Crippen LogP contribution in [0.4, 0.5) is 0 Å². The van der Waals surface area contributed by atoms with Crippen LogP contribution in [0.25, 0.3) is 0 Å². The Morgan fingerprint density at radius 3 is 2.82 bits per heavy atom. The fourth-order valence-corrected chi connectivity index (χ4v) is 2.63. The first kappa shape index (κ1) is 23.3. The van der Waals surface area contributed by atoms with E-state index in [0.717, 1.165) is 18.8 Å². The van der Waals surface area contributed by atoms with Gasteiger partial charge in [0.2, 0.25) is 0 Å². The molecule has 0 aromatic carbocycles. The second-order valence-corrected chi connectivity index (χ2v) is 6.93. The van der Waals surface area contributed by atoms with Crippen LogP contribution in [0.15, 0.2) is 76.8 Å². The molecule has 154 valence electrons. The summed E-state index contributed by atoms with van der Waals surface area (Å²) < 4.78 is 26.7. The van der Waals surface area contributed by atoms with Crippen molar-refractivity contribution in [3.05, 3.63) is 76.7 Å². The minimum Gasteiger partial charge on any atom is -0.515 e. The zero-order valence-corrected chi connectivity index (χ0v) is 16.5. The Kier molecular flexibility index (Phi) is 9.84. The van der Waals surface area contributed by atoms with Crippen LogP contribution in [0.2, 0.25) is 0 Å². The number of rotatable bonds is 8. The van der Waals surface area contributed by atoms with Crippen LogP contribution in [0.5, 0.6) is 0 Å². The van der Waals surface area contributed by atoms with Crippen LogP contribution in [-0.2, 0) is 18.6 Å². The molecule has 1 aliphatic heterocycles. The molecule has 2 unspecified atom stereocenters. The summed E-state index contributed by atoms with van der Waals surface area (Å²) in [6.07, 6.45) is 12.0. The summed E-state index contributed by atoms with van der Waals surface area (Å²) in [6, 6.07) is 0. The van der Waals surface area contributed by atoms with Crippen LogP contribution in [0.3, 0.4) is 0 Å². The van der Waals surface area contributed by atoms with Crippen molar-refractivity contribution < 1.29 is 33.7 Å². The number of nitroso groups, excluding NO2 is 1. The first-order valence-corrected chi connectivity index (χ1v) is 9.92. The number of aliphatic hydroxyl groups is 2. The summed E-state index contributed by atoms with van der Waals surface area (Å²) in [7, 11) is -3.18. The van der Waals surface area contributed by atoms with E-state index in [2.05, 4.69) is 4.52 Å².